The van der Waals surface area contributed by atoms with E-state index in [0.717, 1.165) is 42.3 Å². The molecule has 0 spiro atoms. The van der Waals surface area contributed by atoms with Crippen molar-refractivity contribution in [1.82, 2.24) is 4.90 Å². The van der Waals surface area contributed by atoms with Crippen molar-refractivity contribution in [3.8, 4) is 5.75 Å². The topological polar surface area (TPSA) is 63.9 Å². The monoisotopic (exact) mass is 287 g/mol. The maximum atomic E-state index is 10.4. The molecule has 1 aliphatic heterocycles. The molecule has 112 valence electrons. The van der Waals surface area contributed by atoms with Crippen LogP contribution in [0.1, 0.15) is 24.4 Å². The summed E-state index contributed by atoms with van der Waals surface area (Å²) in [5.41, 5.74) is 0.719. The minimum atomic E-state index is -0.903. The highest BCUT2D eigenvalue weighted by molar-refractivity contribution is 5.88. The van der Waals surface area contributed by atoms with E-state index in [4.69, 9.17) is 0 Å². The summed E-state index contributed by atoms with van der Waals surface area (Å²) in [7, 11) is 0. The number of aliphatic hydroxyl groups excluding tert-OH is 2. The summed E-state index contributed by atoms with van der Waals surface area (Å²) >= 11 is 0. The van der Waals surface area contributed by atoms with Crippen LogP contribution in [0.25, 0.3) is 10.8 Å². The molecule has 4 nitrogen and oxygen atoms in total. The van der Waals surface area contributed by atoms with Crippen LogP contribution in [0.5, 0.6) is 5.75 Å². The molecule has 2 aromatic carbocycles. The number of hydrogen-bond acceptors (Lipinski definition) is 4. The van der Waals surface area contributed by atoms with E-state index < -0.39 is 6.10 Å². The van der Waals surface area contributed by atoms with E-state index >= 15 is 0 Å². The summed E-state index contributed by atoms with van der Waals surface area (Å²) < 4.78 is 0. The quantitative estimate of drug-likeness (QED) is 0.805. The van der Waals surface area contributed by atoms with Gasteiger partial charge < -0.3 is 15.3 Å². The number of hydrogen-bond donors (Lipinski definition) is 3. The van der Waals surface area contributed by atoms with Crippen molar-refractivity contribution < 1.29 is 15.3 Å². The first-order chi connectivity index (χ1) is 10.2. The standard InChI is InChI=1S/C17H21NO3/c19-11-15(21)17(18-9-3-4-10-18)16-13-6-2-1-5-12(13)7-8-14(16)20/h1-2,5-8,15,17,19-21H,3-4,9-11H2/t15-,17-/m1/s1. The fraction of sp³-hybridized carbons (Fsp3) is 0.412. The molecule has 0 unspecified atom stereocenters. The minimum Gasteiger partial charge on any atom is -0.508 e. The fourth-order valence-electron chi connectivity index (χ4n) is 3.33. The fourth-order valence-corrected chi connectivity index (χ4v) is 3.33. The lowest BCUT2D eigenvalue weighted by Crippen LogP contribution is -2.36. The largest absolute Gasteiger partial charge is 0.508 e. The second-order valence-electron chi connectivity index (χ2n) is 5.66. The Morgan fingerprint density at radius 2 is 1.76 bits per heavy atom. The zero-order valence-electron chi connectivity index (χ0n) is 11.9. The van der Waals surface area contributed by atoms with Crippen LogP contribution in [0, 0.1) is 0 Å². The van der Waals surface area contributed by atoms with E-state index in [1.54, 1.807) is 6.07 Å². The van der Waals surface area contributed by atoms with Crippen LogP contribution in [0.3, 0.4) is 0 Å². The zero-order valence-corrected chi connectivity index (χ0v) is 11.9. The number of rotatable bonds is 4. The van der Waals surface area contributed by atoms with Crippen molar-refractivity contribution in [1.29, 1.82) is 0 Å². The molecule has 3 N–H and O–H groups in total. The number of nitrogens with zero attached hydrogens (tertiary/aromatic N) is 1. The summed E-state index contributed by atoms with van der Waals surface area (Å²) in [6.45, 7) is 1.44. The lowest BCUT2D eigenvalue weighted by molar-refractivity contribution is 0.0180. The number of fused-ring (bicyclic) bond motifs is 1. The molecule has 0 bridgehead atoms. The third kappa shape index (κ3) is 2.62. The van der Waals surface area contributed by atoms with Gasteiger partial charge in [-0.3, -0.25) is 4.90 Å². The van der Waals surface area contributed by atoms with Crippen molar-refractivity contribution in [2.45, 2.75) is 25.0 Å². The van der Waals surface area contributed by atoms with Gasteiger partial charge in [0.05, 0.1) is 18.8 Å². The van der Waals surface area contributed by atoms with Gasteiger partial charge in [-0.15, -0.1) is 0 Å². The minimum absolute atomic E-state index is 0.179. The van der Waals surface area contributed by atoms with Gasteiger partial charge in [-0.1, -0.05) is 30.3 Å². The lowest BCUT2D eigenvalue weighted by atomic mass is 9.93. The molecule has 0 saturated carbocycles. The van der Waals surface area contributed by atoms with Gasteiger partial charge in [0.25, 0.3) is 0 Å². The van der Waals surface area contributed by atoms with Crippen molar-refractivity contribution >= 4 is 10.8 Å². The van der Waals surface area contributed by atoms with Gasteiger partial charge >= 0.3 is 0 Å². The number of benzene rings is 2. The second kappa shape index (κ2) is 6.02. The highest BCUT2D eigenvalue weighted by atomic mass is 16.3. The van der Waals surface area contributed by atoms with Crippen molar-refractivity contribution in [3.05, 3.63) is 42.0 Å². The van der Waals surface area contributed by atoms with Crippen molar-refractivity contribution in [2.75, 3.05) is 19.7 Å². The number of aliphatic hydroxyl groups is 2. The Bertz CT molecular complexity index is 622. The summed E-state index contributed by atoms with van der Waals surface area (Å²) in [5, 5.41) is 32.1. The summed E-state index contributed by atoms with van der Waals surface area (Å²) in [6.07, 6.45) is 1.26. The third-order valence-electron chi connectivity index (χ3n) is 4.33. The molecule has 1 saturated heterocycles. The molecule has 2 aromatic rings. The van der Waals surface area contributed by atoms with E-state index in [2.05, 4.69) is 4.90 Å². The van der Waals surface area contributed by atoms with Crippen molar-refractivity contribution in [2.24, 2.45) is 0 Å². The Morgan fingerprint density at radius 3 is 2.48 bits per heavy atom. The molecule has 3 rings (SSSR count). The third-order valence-corrected chi connectivity index (χ3v) is 4.33. The molecule has 2 atom stereocenters. The van der Waals surface area contributed by atoms with Gasteiger partial charge in [-0.05, 0) is 42.8 Å². The summed E-state index contributed by atoms with van der Waals surface area (Å²) in [6, 6.07) is 11.0. The summed E-state index contributed by atoms with van der Waals surface area (Å²) in [4.78, 5) is 2.16. The molecule has 1 aliphatic rings. The molecule has 0 aromatic heterocycles. The highest BCUT2D eigenvalue weighted by Gasteiger charge is 2.32. The Balaban J connectivity index is 2.16. The van der Waals surface area contributed by atoms with Crippen LogP contribution in [0.15, 0.2) is 36.4 Å². The average molecular weight is 287 g/mol. The van der Waals surface area contributed by atoms with Gasteiger partial charge in [0.15, 0.2) is 0 Å². The van der Waals surface area contributed by atoms with Gasteiger partial charge in [0.2, 0.25) is 0 Å². The maximum absolute atomic E-state index is 10.4. The van der Waals surface area contributed by atoms with E-state index in [0.29, 0.717) is 0 Å². The van der Waals surface area contributed by atoms with Crippen LogP contribution in [-0.2, 0) is 0 Å². The molecule has 0 amide bonds. The number of phenols is 1. The van der Waals surface area contributed by atoms with Crippen LogP contribution in [-0.4, -0.2) is 46.0 Å². The first-order valence-corrected chi connectivity index (χ1v) is 7.46. The van der Waals surface area contributed by atoms with E-state index in [1.165, 1.54) is 0 Å². The van der Waals surface area contributed by atoms with E-state index in [-0.39, 0.29) is 18.4 Å². The molecule has 0 radical (unpaired) electrons. The Labute approximate surface area is 124 Å². The second-order valence-corrected chi connectivity index (χ2v) is 5.66. The van der Waals surface area contributed by atoms with Crippen LogP contribution < -0.4 is 0 Å². The molecule has 0 aliphatic carbocycles. The Morgan fingerprint density at radius 1 is 1.05 bits per heavy atom. The molecule has 21 heavy (non-hydrogen) atoms. The van der Waals surface area contributed by atoms with Crippen LogP contribution in [0.2, 0.25) is 0 Å². The lowest BCUT2D eigenvalue weighted by Gasteiger charge is -2.32. The molecular formula is C17H21NO3. The molecule has 1 fully saturated rings. The first-order valence-electron chi connectivity index (χ1n) is 7.46. The van der Waals surface area contributed by atoms with E-state index in [1.807, 2.05) is 30.3 Å². The van der Waals surface area contributed by atoms with Crippen LogP contribution in [0.4, 0.5) is 0 Å². The van der Waals surface area contributed by atoms with Crippen molar-refractivity contribution in [3.63, 3.8) is 0 Å². The number of likely N-dealkylation sites (tertiary alicyclic amines) is 1. The predicted molar refractivity (Wildman–Crippen MR) is 82.3 cm³/mol. The number of phenolic OH excluding ortho intramolecular Hbond substituents is 1. The van der Waals surface area contributed by atoms with Gasteiger partial charge in [-0.2, -0.15) is 0 Å². The van der Waals surface area contributed by atoms with Gasteiger partial charge in [0, 0.05) is 5.56 Å². The smallest absolute Gasteiger partial charge is 0.121 e. The number of aromatic hydroxyl groups is 1. The van der Waals surface area contributed by atoms with Gasteiger partial charge in [-0.25, -0.2) is 0 Å². The Hall–Kier alpha value is -1.62. The zero-order chi connectivity index (χ0) is 14.8. The molecule has 4 heteroatoms. The van der Waals surface area contributed by atoms with E-state index in [9.17, 15) is 15.3 Å². The molecular weight excluding hydrogens is 266 g/mol. The maximum Gasteiger partial charge on any atom is 0.121 e. The first kappa shape index (κ1) is 14.3. The molecule has 1 heterocycles. The predicted octanol–water partition coefficient (Wildman–Crippen LogP) is 2.04. The summed E-state index contributed by atoms with van der Waals surface area (Å²) in [5.74, 6) is 0.179. The normalized spacial score (nSPS) is 19.0. The Kier molecular flexibility index (Phi) is 4.10. The van der Waals surface area contributed by atoms with Gasteiger partial charge in [0.1, 0.15) is 5.75 Å². The average Bonchev–Trinajstić information content (AvgIpc) is 3.03. The van der Waals surface area contributed by atoms with Crippen LogP contribution >= 0.6 is 0 Å². The highest BCUT2D eigenvalue weighted by Crippen LogP contribution is 2.38. The SMILES string of the molecule is OC[C@@H](O)[C@H](c1c(O)ccc2ccccc12)N1CCCC1.